The topological polar surface area (TPSA) is 99.4 Å². The summed E-state index contributed by atoms with van der Waals surface area (Å²) < 4.78 is 10.9. The maximum atomic E-state index is 12.4. The van der Waals surface area contributed by atoms with Crippen LogP contribution < -0.4 is 15.4 Å². The van der Waals surface area contributed by atoms with Crippen LogP contribution in [0.25, 0.3) is 0 Å². The van der Waals surface area contributed by atoms with E-state index in [2.05, 4.69) is 20.5 Å². The van der Waals surface area contributed by atoms with Crippen LogP contribution in [0.1, 0.15) is 17.5 Å². The van der Waals surface area contributed by atoms with Crippen molar-refractivity contribution in [3.05, 3.63) is 48.4 Å². The monoisotopic (exact) mass is 541 g/mol. The lowest BCUT2D eigenvalue weighted by atomic mass is 10.3. The molecule has 0 saturated carbocycles. The SMILES string of the molecule is CN=C(NCCOc1cccc(NC(C)=O)c1)N1CCN(C(=O)c2ccco2)CC1.I. The number of ether oxygens (including phenoxy) is 1. The highest BCUT2D eigenvalue weighted by atomic mass is 127. The third-order valence-electron chi connectivity index (χ3n) is 4.62. The molecule has 31 heavy (non-hydrogen) atoms. The Labute approximate surface area is 198 Å². The van der Waals surface area contributed by atoms with Crippen LogP contribution in [-0.4, -0.2) is 74.0 Å². The third-order valence-corrected chi connectivity index (χ3v) is 4.62. The lowest BCUT2D eigenvalue weighted by Crippen LogP contribution is -2.54. The van der Waals surface area contributed by atoms with Crippen LogP contribution in [0.5, 0.6) is 5.75 Å². The van der Waals surface area contributed by atoms with E-state index < -0.39 is 0 Å². The second kappa shape index (κ2) is 12.2. The minimum atomic E-state index is -0.122. The number of anilines is 1. The zero-order chi connectivity index (χ0) is 21.3. The van der Waals surface area contributed by atoms with E-state index in [-0.39, 0.29) is 35.8 Å². The first-order valence-corrected chi connectivity index (χ1v) is 9.85. The van der Waals surface area contributed by atoms with Crippen molar-refractivity contribution in [1.29, 1.82) is 0 Å². The molecule has 1 saturated heterocycles. The fourth-order valence-electron chi connectivity index (χ4n) is 3.21. The summed E-state index contributed by atoms with van der Waals surface area (Å²) >= 11 is 0. The van der Waals surface area contributed by atoms with Crippen LogP contribution in [-0.2, 0) is 4.79 Å². The third kappa shape index (κ3) is 7.16. The van der Waals surface area contributed by atoms with E-state index in [0.717, 1.165) is 5.96 Å². The van der Waals surface area contributed by atoms with Gasteiger partial charge in [-0.15, -0.1) is 24.0 Å². The van der Waals surface area contributed by atoms with E-state index in [1.54, 1.807) is 30.1 Å². The molecule has 168 valence electrons. The second-order valence-corrected chi connectivity index (χ2v) is 6.79. The van der Waals surface area contributed by atoms with E-state index in [0.29, 0.717) is 56.5 Å². The summed E-state index contributed by atoms with van der Waals surface area (Å²) in [6, 6.07) is 10.7. The zero-order valence-electron chi connectivity index (χ0n) is 17.7. The van der Waals surface area contributed by atoms with Gasteiger partial charge >= 0.3 is 0 Å². The highest BCUT2D eigenvalue weighted by molar-refractivity contribution is 14.0. The van der Waals surface area contributed by atoms with E-state index in [1.807, 2.05) is 18.2 Å². The Morgan fingerprint density at radius 1 is 1.13 bits per heavy atom. The summed E-state index contributed by atoms with van der Waals surface area (Å²) in [6.07, 6.45) is 1.51. The van der Waals surface area contributed by atoms with Gasteiger partial charge in [-0.25, -0.2) is 0 Å². The first-order chi connectivity index (χ1) is 14.6. The summed E-state index contributed by atoms with van der Waals surface area (Å²) in [5.41, 5.74) is 0.700. The Bertz CT molecular complexity index is 880. The normalized spacial score (nSPS) is 13.9. The van der Waals surface area contributed by atoms with Crippen molar-refractivity contribution in [1.82, 2.24) is 15.1 Å². The number of aliphatic imine (C=N–C) groups is 1. The van der Waals surface area contributed by atoms with Crippen molar-refractivity contribution in [2.24, 2.45) is 4.99 Å². The number of furan rings is 1. The summed E-state index contributed by atoms with van der Waals surface area (Å²) in [6.45, 7) is 5.06. The number of hydrogen-bond acceptors (Lipinski definition) is 5. The first-order valence-electron chi connectivity index (χ1n) is 9.85. The van der Waals surface area contributed by atoms with Gasteiger partial charge in [0.05, 0.1) is 12.8 Å². The van der Waals surface area contributed by atoms with Crippen LogP contribution in [0, 0.1) is 0 Å². The molecule has 1 aromatic heterocycles. The average molecular weight is 541 g/mol. The van der Waals surface area contributed by atoms with Crippen LogP contribution in [0.2, 0.25) is 0 Å². The van der Waals surface area contributed by atoms with Gasteiger partial charge in [0.15, 0.2) is 11.7 Å². The van der Waals surface area contributed by atoms with Crippen molar-refractivity contribution in [3.63, 3.8) is 0 Å². The van der Waals surface area contributed by atoms with Gasteiger partial charge in [-0.3, -0.25) is 14.6 Å². The average Bonchev–Trinajstić information content (AvgIpc) is 3.28. The minimum absolute atomic E-state index is 0. The van der Waals surface area contributed by atoms with Crippen molar-refractivity contribution >= 4 is 47.4 Å². The smallest absolute Gasteiger partial charge is 0.289 e. The number of carbonyl (C=O) groups excluding carboxylic acids is 2. The Morgan fingerprint density at radius 3 is 2.52 bits per heavy atom. The first kappa shape index (κ1) is 24.5. The molecule has 1 aliphatic heterocycles. The number of hydrogen-bond donors (Lipinski definition) is 2. The highest BCUT2D eigenvalue weighted by Crippen LogP contribution is 2.17. The molecule has 2 amide bonds. The van der Waals surface area contributed by atoms with Gasteiger partial charge in [-0.1, -0.05) is 6.07 Å². The standard InChI is InChI=1S/C21H27N5O4.HI/c1-16(27)24-17-5-3-6-18(15-17)29-14-8-23-21(22-2)26-11-9-25(10-12-26)20(28)19-7-4-13-30-19;/h3-7,13,15H,8-12,14H2,1-2H3,(H,22,23)(H,24,27);1H. The Kier molecular flexibility index (Phi) is 9.63. The number of piperazine rings is 1. The molecule has 0 unspecified atom stereocenters. The molecule has 2 N–H and O–H groups in total. The van der Waals surface area contributed by atoms with Crippen molar-refractivity contribution in [2.75, 3.05) is 51.7 Å². The molecule has 0 radical (unpaired) electrons. The van der Waals surface area contributed by atoms with Crippen molar-refractivity contribution < 1.29 is 18.7 Å². The van der Waals surface area contributed by atoms with Gasteiger partial charge in [-0.05, 0) is 24.3 Å². The number of benzene rings is 1. The number of halogens is 1. The molecular weight excluding hydrogens is 513 g/mol. The molecule has 0 bridgehead atoms. The zero-order valence-corrected chi connectivity index (χ0v) is 20.0. The second-order valence-electron chi connectivity index (χ2n) is 6.79. The maximum absolute atomic E-state index is 12.4. The molecule has 3 rings (SSSR count). The summed E-state index contributed by atoms with van der Waals surface area (Å²) in [4.78, 5) is 31.7. The van der Waals surface area contributed by atoms with Gasteiger partial charge in [0, 0.05) is 51.9 Å². The van der Waals surface area contributed by atoms with E-state index >= 15 is 0 Å². The quantitative estimate of drug-likeness (QED) is 0.252. The van der Waals surface area contributed by atoms with Crippen LogP contribution in [0.4, 0.5) is 5.69 Å². The largest absolute Gasteiger partial charge is 0.492 e. The minimum Gasteiger partial charge on any atom is -0.492 e. The molecule has 2 aromatic rings. The molecule has 10 heteroatoms. The number of amides is 2. The molecule has 1 aliphatic rings. The fraction of sp³-hybridized carbons (Fsp3) is 0.381. The van der Waals surface area contributed by atoms with Gasteiger partial charge < -0.3 is 29.6 Å². The van der Waals surface area contributed by atoms with Gasteiger partial charge in [0.2, 0.25) is 5.91 Å². The summed E-state index contributed by atoms with van der Waals surface area (Å²) in [5.74, 6) is 1.62. The fourth-order valence-corrected chi connectivity index (χ4v) is 3.21. The van der Waals surface area contributed by atoms with Crippen molar-refractivity contribution in [2.45, 2.75) is 6.92 Å². The van der Waals surface area contributed by atoms with Crippen LogP contribution in [0.3, 0.4) is 0 Å². The highest BCUT2D eigenvalue weighted by Gasteiger charge is 2.25. The molecule has 0 aliphatic carbocycles. The number of nitrogens with one attached hydrogen (secondary N) is 2. The molecule has 9 nitrogen and oxygen atoms in total. The van der Waals surface area contributed by atoms with Crippen molar-refractivity contribution in [3.8, 4) is 5.75 Å². The number of guanidine groups is 1. The van der Waals surface area contributed by atoms with Gasteiger partial charge in [-0.2, -0.15) is 0 Å². The van der Waals surface area contributed by atoms with Crippen LogP contribution in [0.15, 0.2) is 52.1 Å². The predicted octanol–water partition coefficient (Wildman–Crippen LogP) is 2.27. The lowest BCUT2D eigenvalue weighted by molar-refractivity contribution is -0.114. The molecule has 1 fully saturated rings. The Morgan fingerprint density at radius 2 is 1.87 bits per heavy atom. The number of rotatable bonds is 6. The number of carbonyl (C=O) groups is 2. The maximum Gasteiger partial charge on any atom is 0.289 e. The molecule has 0 atom stereocenters. The summed E-state index contributed by atoms with van der Waals surface area (Å²) in [7, 11) is 1.74. The molecular formula is C21H28IN5O4. The molecule has 2 heterocycles. The predicted molar refractivity (Wildman–Crippen MR) is 129 cm³/mol. The van der Waals surface area contributed by atoms with E-state index in [9.17, 15) is 9.59 Å². The number of nitrogens with zero attached hydrogens (tertiary/aromatic N) is 3. The lowest BCUT2D eigenvalue weighted by Gasteiger charge is -2.36. The van der Waals surface area contributed by atoms with Gasteiger partial charge in [0.1, 0.15) is 12.4 Å². The van der Waals surface area contributed by atoms with E-state index in [1.165, 1.54) is 13.2 Å². The molecule has 1 aromatic carbocycles. The molecule has 0 spiro atoms. The Balaban J connectivity index is 0.00000341. The summed E-state index contributed by atoms with van der Waals surface area (Å²) in [5, 5.41) is 6.02. The van der Waals surface area contributed by atoms with Gasteiger partial charge in [0.25, 0.3) is 5.91 Å². The van der Waals surface area contributed by atoms with Crippen LogP contribution >= 0.6 is 24.0 Å². The Hall–Kier alpha value is -2.76. The van der Waals surface area contributed by atoms with E-state index in [4.69, 9.17) is 9.15 Å².